The lowest BCUT2D eigenvalue weighted by molar-refractivity contribution is -0.128. The zero-order chi connectivity index (χ0) is 26.7. The van der Waals surface area contributed by atoms with Gasteiger partial charge in [-0.25, -0.2) is 4.39 Å². The van der Waals surface area contributed by atoms with Crippen molar-refractivity contribution in [2.45, 2.75) is 31.2 Å². The molecular weight excluding hydrogens is 511 g/mol. The van der Waals surface area contributed by atoms with Crippen LogP contribution in [0.5, 0.6) is 0 Å². The number of pyridine rings is 1. The van der Waals surface area contributed by atoms with Crippen molar-refractivity contribution >= 4 is 29.3 Å². The predicted octanol–water partition coefficient (Wildman–Crippen LogP) is 3.66. The van der Waals surface area contributed by atoms with Crippen LogP contribution in [0.15, 0.2) is 73.1 Å². The van der Waals surface area contributed by atoms with Crippen LogP contribution in [-0.4, -0.2) is 64.0 Å². The van der Waals surface area contributed by atoms with Crippen LogP contribution >= 0.6 is 11.6 Å². The summed E-state index contributed by atoms with van der Waals surface area (Å²) in [7, 11) is 0. The molecule has 196 valence electrons. The third-order valence-corrected chi connectivity index (χ3v) is 7.31. The summed E-state index contributed by atoms with van der Waals surface area (Å²) >= 11 is 6.23. The van der Waals surface area contributed by atoms with Gasteiger partial charge in [-0.05, 0) is 42.0 Å². The van der Waals surface area contributed by atoms with Crippen molar-refractivity contribution in [3.05, 3.63) is 101 Å². The summed E-state index contributed by atoms with van der Waals surface area (Å²) in [5.74, 6) is -1.65. The first kappa shape index (κ1) is 25.8. The van der Waals surface area contributed by atoms with Crippen LogP contribution in [0.4, 0.5) is 4.39 Å². The third kappa shape index (κ3) is 5.12. The lowest BCUT2D eigenvalue weighted by Gasteiger charge is -2.44. The highest BCUT2D eigenvalue weighted by Crippen LogP contribution is 2.39. The molecule has 1 N–H and O–H groups in total. The molecule has 10 heteroatoms. The lowest BCUT2D eigenvalue weighted by atomic mass is 9.96. The van der Waals surface area contributed by atoms with Crippen LogP contribution in [-0.2, 0) is 16.1 Å². The number of nitrogens with one attached hydrogen (secondary N) is 1. The maximum atomic E-state index is 14.0. The second-order valence-electron chi connectivity index (χ2n) is 9.31. The van der Waals surface area contributed by atoms with E-state index in [0.29, 0.717) is 23.7 Å². The normalized spacial score (nSPS) is 18.4. The molecule has 2 fully saturated rings. The second kappa shape index (κ2) is 10.9. The van der Waals surface area contributed by atoms with Crippen molar-refractivity contribution in [1.82, 2.24) is 20.1 Å². The first-order valence-corrected chi connectivity index (χ1v) is 12.7. The van der Waals surface area contributed by atoms with Gasteiger partial charge < -0.3 is 15.0 Å². The van der Waals surface area contributed by atoms with Crippen LogP contribution in [0.2, 0.25) is 5.02 Å². The van der Waals surface area contributed by atoms with Gasteiger partial charge in [0.15, 0.2) is 0 Å². The van der Waals surface area contributed by atoms with E-state index in [2.05, 4.69) is 10.3 Å². The number of hydrogen-bond donors (Lipinski definition) is 1. The fraction of sp³-hybridized carbons (Fsp3) is 0.286. The summed E-state index contributed by atoms with van der Waals surface area (Å²) < 4.78 is 20.2. The van der Waals surface area contributed by atoms with Gasteiger partial charge in [-0.3, -0.25) is 24.3 Å². The molecule has 2 aliphatic rings. The van der Waals surface area contributed by atoms with E-state index in [1.165, 1.54) is 23.1 Å². The maximum Gasteiger partial charge on any atom is 0.256 e. The molecule has 1 aromatic heterocycles. The Bertz CT molecular complexity index is 1350. The Morgan fingerprint density at radius 2 is 1.84 bits per heavy atom. The minimum absolute atomic E-state index is 0.0155. The molecule has 3 amide bonds. The molecule has 5 rings (SSSR count). The van der Waals surface area contributed by atoms with Gasteiger partial charge in [-0.2, -0.15) is 0 Å². The molecular formula is C28H26ClFN4O4. The number of piperidine rings is 1. The number of carbonyl (C=O) groups excluding carboxylic acids is 3. The zero-order valence-corrected chi connectivity index (χ0v) is 21.2. The first-order valence-electron chi connectivity index (χ1n) is 12.3. The highest BCUT2D eigenvalue weighted by Gasteiger charge is 2.54. The van der Waals surface area contributed by atoms with Crippen molar-refractivity contribution in [3.8, 4) is 0 Å². The van der Waals surface area contributed by atoms with Gasteiger partial charge in [0.05, 0.1) is 17.2 Å². The van der Waals surface area contributed by atoms with Gasteiger partial charge >= 0.3 is 0 Å². The topological polar surface area (TPSA) is 91.8 Å². The number of nitrogens with zero attached hydrogens (tertiary/aromatic N) is 3. The van der Waals surface area contributed by atoms with Gasteiger partial charge in [0.1, 0.15) is 17.6 Å². The molecule has 0 saturated carbocycles. The number of aromatic nitrogens is 1. The molecule has 3 aromatic rings. The quantitative estimate of drug-likeness (QED) is 0.537. The van der Waals surface area contributed by atoms with Gasteiger partial charge in [-0.15, -0.1) is 0 Å². The van der Waals surface area contributed by atoms with Crippen LogP contribution in [0.3, 0.4) is 0 Å². The lowest BCUT2D eigenvalue weighted by Crippen LogP contribution is -2.59. The van der Waals surface area contributed by atoms with E-state index in [0.717, 1.165) is 11.6 Å². The Morgan fingerprint density at radius 1 is 1.05 bits per heavy atom. The Labute approximate surface area is 224 Å². The smallest absolute Gasteiger partial charge is 0.256 e. The minimum atomic E-state index is -1.11. The zero-order valence-electron chi connectivity index (χ0n) is 20.5. The molecule has 38 heavy (non-hydrogen) atoms. The number of hydrogen-bond acceptors (Lipinski definition) is 5. The van der Waals surface area contributed by atoms with Crippen LogP contribution < -0.4 is 5.32 Å². The van der Waals surface area contributed by atoms with Crippen molar-refractivity contribution in [1.29, 1.82) is 0 Å². The molecule has 2 aromatic carbocycles. The van der Waals surface area contributed by atoms with Crippen molar-refractivity contribution in [2.75, 3.05) is 19.7 Å². The van der Waals surface area contributed by atoms with Gasteiger partial charge in [0.25, 0.3) is 11.8 Å². The van der Waals surface area contributed by atoms with E-state index in [1.807, 2.05) is 6.07 Å². The summed E-state index contributed by atoms with van der Waals surface area (Å²) in [5.41, 5.74) is 0.216. The van der Waals surface area contributed by atoms with Crippen molar-refractivity contribution < 1.29 is 23.5 Å². The SMILES string of the molecule is O=C(NCc1cccnc1)C1COC2(CCN(C(=O)c3ccccc3Cl)CC2)N1C(=O)c1cccc(F)c1. The Balaban J connectivity index is 1.37. The van der Waals surface area contributed by atoms with Gasteiger partial charge in [0, 0.05) is 50.4 Å². The number of ether oxygens (including phenoxy) is 1. The van der Waals surface area contributed by atoms with E-state index in [9.17, 15) is 18.8 Å². The van der Waals surface area contributed by atoms with E-state index in [4.69, 9.17) is 16.3 Å². The molecule has 0 radical (unpaired) electrons. The second-order valence-corrected chi connectivity index (χ2v) is 9.72. The summed E-state index contributed by atoms with van der Waals surface area (Å²) in [6.07, 6.45) is 3.86. The van der Waals surface area contributed by atoms with Gasteiger partial charge in [-0.1, -0.05) is 35.9 Å². The Morgan fingerprint density at radius 3 is 2.55 bits per heavy atom. The van der Waals surface area contributed by atoms with Gasteiger partial charge in [0.2, 0.25) is 5.91 Å². The highest BCUT2D eigenvalue weighted by molar-refractivity contribution is 6.33. The number of halogens is 2. The average molecular weight is 537 g/mol. The first-order chi connectivity index (χ1) is 18.4. The molecule has 1 spiro atoms. The highest BCUT2D eigenvalue weighted by atomic mass is 35.5. The Kier molecular flexibility index (Phi) is 7.40. The van der Waals surface area contributed by atoms with E-state index in [1.54, 1.807) is 47.6 Å². The van der Waals surface area contributed by atoms with E-state index >= 15 is 0 Å². The molecule has 2 aliphatic heterocycles. The molecule has 0 bridgehead atoms. The fourth-order valence-electron chi connectivity index (χ4n) is 5.00. The van der Waals surface area contributed by atoms with Crippen LogP contribution in [0.1, 0.15) is 39.1 Å². The van der Waals surface area contributed by atoms with Crippen molar-refractivity contribution in [3.63, 3.8) is 0 Å². The maximum absolute atomic E-state index is 14.0. The predicted molar refractivity (Wildman–Crippen MR) is 138 cm³/mol. The van der Waals surface area contributed by atoms with E-state index < -0.39 is 23.5 Å². The largest absolute Gasteiger partial charge is 0.353 e. The molecule has 1 atom stereocenters. The third-order valence-electron chi connectivity index (χ3n) is 6.98. The number of carbonyl (C=O) groups is 3. The van der Waals surface area contributed by atoms with Crippen LogP contribution in [0, 0.1) is 5.82 Å². The van der Waals surface area contributed by atoms with E-state index in [-0.39, 0.29) is 43.4 Å². The molecule has 2 saturated heterocycles. The molecule has 3 heterocycles. The standard InChI is InChI=1S/C28H26ClFN4O4/c29-23-9-2-1-8-22(23)27(37)33-13-10-28(11-14-33)34(26(36)20-6-3-7-21(30)15-20)24(18-38-28)25(35)32-17-19-5-4-12-31-16-19/h1-9,12,15-16,24H,10-11,13-14,17-18H2,(H,32,35). The minimum Gasteiger partial charge on any atom is -0.353 e. The summed E-state index contributed by atoms with van der Waals surface area (Å²) in [4.78, 5) is 47.3. The summed E-state index contributed by atoms with van der Waals surface area (Å²) in [5, 5.41) is 3.22. The molecule has 0 aliphatic carbocycles. The Hall–Kier alpha value is -3.82. The monoisotopic (exact) mass is 536 g/mol. The summed E-state index contributed by atoms with van der Waals surface area (Å²) in [6.45, 7) is 0.804. The van der Waals surface area contributed by atoms with Crippen LogP contribution in [0.25, 0.3) is 0 Å². The molecule has 1 unspecified atom stereocenters. The number of amides is 3. The molecule has 8 nitrogen and oxygen atoms in total. The van der Waals surface area contributed by atoms with Crippen molar-refractivity contribution in [2.24, 2.45) is 0 Å². The number of likely N-dealkylation sites (tertiary alicyclic amines) is 1. The average Bonchev–Trinajstić information content (AvgIpc) is 3.30. The number of rotatable bonds is 5. The fourth-order valence-corrected chi connectivity index (χ4v) is 5.22. The number of benzene rings is 2. The summed E-state index contributed by atoms with van der Waals surface area (Å²) in [6, 6.07) is 14.9.